The van der Waals surface area contributed by atoms with E-state index in [-0.39, 0.29) is 14.6 Å². The third-order valence-electron chi connectivity index (χ3n) is 8.09. The van der Waals surface area contributed by atoms with Crippen LogP contribution in [0.15, 0.2) is 11.6 Å². The smallest absolute Gasteiger partial charge is 0.0622 e. The highest BCUT2D eigenvalue weighted by molar-refractivity contribution is 5.02. The molecule has 0 bridgehead atoms. The molecule has 38 heavy (non-hydrogen) atoms. The standard InChI is InChI=1S/C16H33NO2.C16H31NO2.H2/c2*1-3-6-15(7-4-2)8-5-9-16-14-19-13-11-17(16)10-12-18;/h15-16,18H,3-14H2,1-2H3;8,16,18H,3-7,9-14H2,1-2H3;1H. The largest absolute Gasteiger partial charge is 0.395 e. The van der Waals surface area contributed by atoms with E-state index in [1.54, 1.807) is 5.57 Å². The van der Waals surface area contributed by atoms with Crippen LogP contribution in [0.1, 0.15) is 113 Å². The quantitative estimate of drug-likeness (QED) is 0.187. The van der Waals surface area contributed by atoms with Gasteiger partial charge in [0.05, 0.1) is 39.6 Å². The van der Waals surface area contributed by atoms with Gasteiger partial charge in [0.1, 0.15) is 0 Å². The fourth-order valence-corrected chi connectivity index (χ4v) is 6.10. The van der Waals surface area contributed by atoms with Crippen molar-refractivity contribution in [1.29, 1.82) is 0 Å². The molecule has 2 heterocycles. The maximum atomic E-state index is 9.11. The Balaban J connectivity index is 0.000000722. The van der Waals surface area contributed by atoms with Gasteiger partial charge in [0.2, 0.25) is 0 Å². The van der Waals surface area contributed by atoms with E-state index in [4.69, 9.17) is 19.7 Å². The van der Waals surface area contributed by atoms with Crippen LogP contribution >= 0.6 is 0 Å². The van der Waals surface area contributed by atoms with E-state index in [9.17, 15) is 0 Å². The van der Waals surface area contributed by atoms with Crippen molar-refractivity contribution in [3.63, 3.8) is 0 Å². The SMILES string of the molecule is CCCC(=CCCC1COCCN1CCO)CCC.CCCC(CCC)CCCC1COCCN1CCO.[HH]. The average molecular weight is 543 g/mol. The zero-order valence-electron chi connectivity index (χ0n) is 25.7. The summed E-state index contributed by atoms with van der Waals surface area (Å²) >= 11 is 0. The Hall–Kier alpha value is -0.500. The van der Waals surface area contributed by atoms with Crippen molar-refractivity contribution in [2.45, 2.75) is 123 Å². The normalized spacial score (nSPS) is 20.8. The lowest BCUT2D eigenvalue weighted by Crippen LogP contribution is -2.46. The first-order chi connectivity index (χ1) is 18.6. The van der Waals surface area contributed by atoms with E-state index in [2.05, 4.69) is 43.6 Å². The van der Waals surface area contributed by atoms with Gasteiger partial charge in [-0.15, -0.1) is 0 Å². The van der Waals surface area contributed by atoms with Crippen LogP contribution < -0.4 is 0 Å². The summed E-state index contributed by atoms with van der Waals surface area (Å²) in [5, 5.41) is 18.2. The minimum atomic E-state index is 0. The van der Waals surface area contributed by atoms with E-state index in [0.29, 0.717) is 12.1 Å². The average Bonchev–Trinajstić information content (AvgIpc) is 2.92. The molecule has 2 fully saturated rings. The molecule has 2 aliphatic heterocycles. The molecule has 0 aromatic heterocycles. The fourth-order valence-electron chi connectivity index (χ4n) is 6.10. The molecule has 228 valence electrons. The minimum absolute atomic E-state index is 0. The van der Waals surface area contributed by atoms with Crippen molar-refractivity contribution in [3.05, 3.63) is 11.6 Å². The van der Waals surface area contributed by atoms with E-state index in [1.165, 1.54) is 70.6 Å². The van der Waals surface area contributed by atoms with Crippen LogP contribution in [0, 0.1) is 5.92 Å². The summed E-state index contributed by atoms with van der Waals surface area (Å²) < 4.78 is 11.2. The molecular formula is C32H66N2O4. The molecule has 0 amide bonds. The zero-order chi connectivity index (χ0) is 27.8. The Labute approximate surface area is 237 Å². The fraction of sp³-hybridized carbons (Fsp3) is 0.938. The summed E-state index contributed by atoms with van der Waals surface area (Å²) in [6.45, 7) is 16.5. The lowest BCUT2D eigenvalue weighted by Gasteiger charge is -2.35. The van der Waals surface area contributed by atoms with Gasteiger partial charge in [0.25, 0.3) is 0 Å². The predicted molar refractivity (Wildman–Crippen MR) is 163 cm³/mol. The minimum Gasteiger partial charge on any atom is -0.395 e. The van der Waals surface area contributed by atoms with Crippen molar-refractivity contribution in [2.75, 3.05) is 65.8 Å². The van der Waals surface area contributed by atoms with E-state index < -0.39 is 0 Å². The summed E-state index contributed by atoms with van der Waals surface area (Å²) in [5.74, 6) is 0.922. The lowest BCUT2D eigenvalue weighted by atomic mass is 9.91. The highest BCUT2D eigenvalue weighted by Gasteiger charge is 2.23. The molecule has 0 spiro atoms. The number of aliphatic hydroxyl groups is 2. The van der Waals surface area contributed by atoms with Gasteiger partial charge in [-0.2, -0.15) is 0 Å². The van der Waals surface area contributed by atoms with Gasteiger partial charge < -0.3 is 19.7 Å². The van der Waals surface area contributed by atoms with E-state index >= 15 is 0 Å². The molecule has 0 radical (unpaired) electrons. The zero-order valence-corrected chi connectivity index (χ0v) is 25.7. The van der Waals surface area contributed by atoms with E-state index in [1.807, 2.05) is 0 Å². The molecule has 2 aliphatic rings. The van der Waals surface area contributed by atoms with Crippen LogP contribution in [-0.4, -0.2) is 97.9 Å². The van der Waals surface area contributed by atoms with Gasteiger partial charge in [-0.3, -0.25) is 9.80 Å². The van der Waals surface area contributed by atoms with Crippen LogP contribution in [0.25, 0.3) is 0 Å². The van der Waals surface area contributed by atoms with Crippen LogP contribution in [0.4, 0.5) is 0 Å². The highest BCUT2D eigenvalue weighted by atomic mass is 16.5. The molecule has 2 unspecified atom stereocenters. The molecule has 2 N–H and O–H groups in total. The molecule has 6 heteroatoms. The van der Waals surface area contributed by atoms with Crippen molar-refractivity contribution >= 4 is 0 Å². The summed E-state index contributed by atoms with van der Waals surface area (Å²) in [5.41, 5.74) is 1.62. The molecule has 0 aromatic carbocycles. The van der Waals surface area contributed by atoms with Crippen molar-refractivity contribution in [2.24, 2.45) is 5.92 Å². The Kier molecular flexibility index (Phi) is 22.7. The number of hydrogen-bond acceptors (Lipinski definition) is 6. The van der Waals surface area contributed by atoms with Crippen LogP contribution in [0.5, 0.6) is 0 Å². The molecule has 0 aromatic rings. The molecule has 6 nitrogen and oxygen atoms in total. The van der Waals surface area contributed by atoms with Crippen molar-refractivity contribution in [1.82, 2.24) is 9.80 Å². The number of morpholine rings is 2. The van der Waals surface area contributed by atoms with Crippen LogP contribution in [-0.2, 0) is 9.47 Å². The number of nitrogens with zero attached hydrogens (tertiary/aromatic N) is 2. The van der Waals surface area contributed by atoms with Gasteiger partial charge in [-0.1, -0.05) is 90.7 Å². The van der Waals surface area contributed by atoms with Crippen LogP contribution in [0.2, 0.25) is 0 Å². The number of hydrogen-bond donors (Lipinski definition) is 2. The summed E-state index contributed by atoms with van der Waals surface area (Å²) in [7, 11) is 0. The topological polar surface area (TPSA) is 65.4 Å². The lowest BCUT2D eigenvalue weighted by molar-refractivity contribution is -0.0174. The molecule has 2 rings (SSSR count). The van der Waals surface area contributed by atoms with Gasteiger partial charge in [-0.25, -0.2) is 0 Å². The maximum Gasteiger partial charge on any atom is 0.0622 e. The summed E-state index contributed by atoms with van der Waals surface area (Å²) in [4.78, 5) is 4.77. The Morgan fingerprint density at radius 3 is 1.79 bits per heavy atom. The third kappa shape index (κ3) is 15.9. The summed E-state index contributed by atoms with van der Waals surface area (Å²) in [6.07, 6.45) is 19.0. The number of aliphatic hydroxyl groups excluding tert-OH is 2. The van der Waals surface area contributed by atoms with Crippen molar-refractivity contribution in [3.8, 4) is 0 Å². The summed E-state index contributed by atoms with van der Waals surface area (Å²) in [6, 6.07) is 1.02. The van der Waals surface area contributed by atoms with Gasteiger partial charge in [0, 0.05) is 39.7 Å². The second-order valence-corrected chi connectivity index (χ2v) is 11.3. The van der Waals surface area contributed by atoms with Gasteiger partial charge >= 0.3 is 0 Å². The first-order valence-corrected chi connectivity index (χ1v) is 16.2. The number of allylic oxidation sites excluding steroid dienone is 2. The number of β-amino-alcohol motifs (C(OH)–C–C–N with tert-alkyl or cyclic N) is 2. The first-order valence-electron chi connectivity index (χ1n) is 16.2. The molecule has 0 saturated carbocycles. The second-order valence-electron chi connectivity index (χ2n) is 11.3. The van der Waals surface area contributed by atoms with Crippen molar-refractivity contribution < 1.29 is 21.1 Å². The maximum absolute atomic E-state index is 9.11. The Morgan fingerprint density at radius 1 is 0.789 bits per heavy atom. The molecule has 2 atom stereocenters. The first kappa shape index (κ1) is 35.5. The van der Waals surface area contributed by atoms with E-state index in [0.717, 1.165) is 71.4 Å². The van der Waals surface area contributed by atoms with Gasteiger partial charge in [-0.05, 0) is 38.0 Å². The highest BCUT2D eigenvalue weighted by Crippen LogP contribution is 2.22. The second kappa shape index (κ2) is 24.3. The van der Waals surface area contributed by atoms with Gasteiger partial charge in [0.15, 0.2) is 0 Å². The molecular weight excluding hydrogens is 476 g/mol. The third-order valence-corrected chi connectivity index (χ3v) is 8.09. The number of rotatable bonds is 19. The molecule has 0 aliphatic carbocycles. The Morgan fingerprint density at radius 2 is 1.32 bits per heavy atom. The van der Waals surface area contributed by atoms with Crippen LogP contribution in [0.3, 0.4) is 0 Å². The number of ether oxygens (including phenoxy) is 2. The monoisotopic (exact) mass is 543 g/mol. The molecule has 2 saturated heterocycles. The Bertz CT molecular complexity index is 548. The predicted octanol–water partition coefficient (Wildman–Crippen LogP) is 6.30.